The van der Waals surface area contributed by atoms with Gasteiger partial charge >= 0.3 is 5.97 Å². The number of nitrogens with one attached hydrogen (secondary N) is 1. The van der Waals surface area contributed by atoms with Crippen LogP contribution in [0.4, 0.5) is 4.39 Å². The van der Waals surface area contributed by atoms with Crippen molar-refractivity contribution in [1.82, 2.24) is 9.97 Å². The van der Waals surface area contributed by atoms with Gasteiger partial charge in [-0.25, -0.2) is 14.2 Å². The molecular weight excluding hydrogens is 355 g/mol. The Morgan fingerprint density at radius 1 is 1.31 bits per heavy atom. The van der Waals surface area contributed by atoms with Crippen LogP contribution < -0.4 is 5.56 Å². The molecule has 0 saturated carbocycles. The Hall–Kier alpha value is -2.80. The second-order valence-electron chi connectivity index (χ2n) is 6.04. The van der Waals surface area contributed by atoms with Gasteiger partial charge in [0.2, 0.25) is 0 Å². The van der Waals surface area contributed by atoms with Crippen LogP contribution in [0.1, 0.15) is 28.2 Å². The van der Waals surface area contributed by atoms with Crippen molar-refractivity contribution in [3.8, 4) is 0 Å². The lowest BCUT2D eigenvalue weighted by molar-refractivity contribution is -0.139. The summed E-state index contributed by atoms with van der Waals surface area (Å²) in [7, 11) is 0. The second-order valence-corrected chi connectivity index (χ2v) is 7.13. The van der Waals surface area contributed by atoms with Crippen LogP contribution >= 0.6 is 11.3 Å². The molecule has 0 radical (unpaired) electrons. The molecule has 7 heteroatoms. The van der Waals surface area contributed by atoms with Crippen molar-refractivity contribution in [2.24, 2.45) is 0 Å². The Bertz CT molecular complexity index is 1070. The van der Waals surface area contributed by atoms with Gasteiger partial charge < -0.3 is 9.72 Å². The van der Waals surface area contributed by atoms with Crippen molar-refractivity contribution >= 4 is 33.6 Å². The zero-order valence-electron chi connectivity index (χ0n) is 13.8. The van der Waals surface area contributed by atoms with Crippen LogP contribution in [0.5, 0.6) is 0 Å². The predicted molar refractivity (Wildman–Crippen MR) is 97.5 cm³/mol. The fraction of sp³-hybridized carbons (Fsp3) is 0.211. The van der Waals surface area contributed by atoms with Crippen molar-refractivity contribution in [1.29, 1.82) is 0 Å². The largest absolute Gasteiger partial charge is 0.454 e. The molecule has 1 aromatic carbocycles. The minimum Gasteiger partial charge on any atom is -0.454 e. The minimum absolute atomic E-state index is 0.111. The number of H-pyrrole nitrogens is 1. The summed E-state index contributed by atoms with van der Waals surface area (Å²) in [5.41, 5.74) is 1.62. The highest BCUT2D eigenvalue weighted by Crippen LogP contribution is 2.34. The van der Waals surface area contributed by atoms with E-state index in [1.807, 2.05) is 0 Å². The number of rotatable bonds is 4. The molecule has 3 aromatic rings. The van der Waals surface area contributed by atoms with Crippen LogP contribution in [0, 0.1) is 5.82 Å². The third-order valence-corrected chi connectivity index (χ3v) is 5.44. The van der Waals surface area contributed by atoms with Crippen molar-refractivity contribution in [3.63, 3.8) is 0 Å². The van der Waals surface area contributed by atoms with Gasteiger partial charge in [-0.1, -0.05) is 12.1 Å². The fourth-order valence-corrected chi connectivity index (χ4v) is 4.32. The number of aryl methyl sites for hydroxylation is 2. The van der Waals surface area contributed by atoms with E-state index in [-0.39, 0.29) is 18.0 Å². The Labute approximate surface area is 152 Å². The number of hydrogen-bond acceptors (Lipinski definition) is 5. The molecule has 0 unspecified atom stereocenters. The maximum absolute atomic E-state index is 12.8. The van der Waals surface area contributed by atoms with Gasteiger partial charge in [-0.3, -0.25) is 4.79 Å². The Balaban J connectivity index is 1.45. The molecule has 1 aliphatic carbocycles. The van der Waals surface area contributed by atoms with Crippen LogP contribution in [0.3, 0.4) is 0 Å². The number of ether oxygens (including phenoxy) is 1. The first-order chi connectivity index (χ1) is 12.6. The number of hydrogen-bond donors (Lipinski definition) is 1. The van der Waals surface area contributed by atoms with Gasteiger partial charge in [0.1, 0.15) is 23.1 Å². The molecule has 2 heterocycles. The number of carbonyl (C=O) groups excluding carboxylic acids is 1. The zero-order valence-corrected chi connectivity index (χ0v) is 14.6. The van der Waals surface area contributed by atoms with Crippen molar-refractivity contribution in [2.45, 2.75) is 25.9 Å². The minimum atomic E-state index is -0.564. The van der Waals surface area contributed by atoms with Crippen LogP contribution in [-0.4, -0.2) is 15.9 Å². The van der Waals surface area contributed by atoms with Crippen molar-refractivity contribution in [3.05, 3.63) is 68.3 Å². The third kappa shape index (κ3) is 3.30. The summed E-state index contributed by atoms with van der Waals surface area (Å²) in [6.07, 6.45) is 5.78. The van der Waals surface area contributed by atoms with E-state index in [4.69, 9.17) is 4.74 Å². The van der Waals surface area contributed by atoms with E-state index in [0.717, 1.165) is 24.8 Å². The average Bonchev–Trinajstić information content (AvgIpc) is 3.20. The molecule has 26 heavy (non-hydrogen) atoms. The molecule has 5 nitrogen and oxygen atoms in total. The van der Waals surface area contributed by atoms with Gasteiger partial charge in [-0.2, -0.15) is 0 Å². The van der Waals surface area contributed by atoms with E-state index in [1.54, 1.807) is 23.5 Å². The maximum Gasteiger partial charge on any atom is 0.331 e. The molecule has 0 spiro atoms. The SMILES string of the molecule is O=C(/C=C/c1ccc(F)cc1)OCc1nc2sc3c(c2c(=O)[nH]1)CCC3. The van der Waals surface area contributed by atoms with Gasteiger partial charge in [0.15, 0.2) is 0 Å². The zero-order chi connectivity index (χ0) is 18.1. The lowest BCUT2D eigenvalue weighted by Crippen LogP contribution is -2.13. The highest BCUT2D eigenvalue weighted by atomic mass is 32.1. The van der Waals surface area contributed by atoms with Crippen LogP contribution in [0.2, 0.25) is 0 Å². The first-order valence-corrected chi connectivity index (χ1v) is 9.05. The Morgan fingerprint density at radius 3 is 2.92 bits per heavy atom. The summed E-state index contributed by atoms with van der Waals surface area (Å²) in [5.74, 6) is -0.577. The number of benzene rings is 1. The molecule has 0 fully saturated rings. The monoisotopic (exact) mass is 370 g/mol. The standard InChI is InChI=1S/C19H15FN2O3S/c20-12-7-4-11(5-8-12)6-9-16(23)25-10-15-21-18(24)17-13-2-1-3-14(13)26-19(17)22-15/h4-9H,1-3,10H2,(H,21,22,24)/b9-6+. The van der Waals surface area contributed by atoms with Crippen LogP contribution in [0.15, 0.2) is 35.1 Å². The molecule has 4 rings (SSSR count). The van der Waals surface area contributed by atoms with Gasteiger partial charge in [0.25, 0.3) is 5.56 Å². The smallest absolute Gasteiger partial charge is 0.331 e. The molecule has 0 aliphatic heterocycles. The summed E-state index contributed by atoms with van der Waals surface area (Å²) in [6.45, 7) is -0.111. The van der Waals surface area contributed by atoms with Crippen LogP contribution in [0.25, 0.3) is 16.3 Å². The normalized spacial score (nSPS) is 13.4. The van der Waals surface area contributed by atoms with E-state index >= 15 is 0 Å². The van der Waals surface area contributed by atoms with Crippen molar-refractivity contribution < 1.29 is 13.9 Å². The second kappa shape index (κ2) is 6.84. The van der Waals surface area contributed by atoms with Gasteiger partial charge in [-0.05, 0) is 48.6 Å². The highest BCUT2D eigenvalue weighted by molar-refractivity contribution is 7.18. The molecule has 2 aromatic heterocycles. The molecular formula is C19H15FN2O3S. The fourth-order valence-electron chi connectivity index (χ4n) is 3.04. The summed E-state index contributed by atoms with van der Waals surface area (Å²) >= 11 is 1.54. The quantitative estimate of drug-likeness (QED) is 0.565. The summed E-state index contributed by atoms with van der Waals surface area (Å²) in [6, 6.07) is 5.74. The number of nitrogens with zero attached hydrogens (tertiary/aromatic N) is 1. The van der Waals surface area contributed by atoms with Gasteiger partial charge in [-0.15, -0.1) is 11.3 Å². The number of halogens is 1. The summed E-state index contributed by atoms with van der Waals surface area (Å²) < 4.78 is 18.0. The number of fused-ring (bicyclic) bond motifs is 3. The lowest BCUT2D eigenvalue weighted by Gasteiger charge is -2.02. The summed E-state index contributed by atoms with van der Waals surface area (Å²) in [4.78, 5) is 33.2. The van der Waals surface area contributed by atoms with E-state index < -0.39 is 5.97 Å². The first-order valence-electron chi connectivity index (χ1n) is 8.24. The number of aromatic nitrogens is 2. The van der Waals surface area contributed by atoms with Gasteiger partial charge in [0.05, 0.1) is 5.39 Å². The number of thiophene rings is 1. The maximum atomic E-state index is 12.8. The molecule has 0 amide bonds. The number of aromatic amines is 1. The molecule has 0 bridgehead atoms. The molecule has 0 saturated heterocycles. The van der Waals surface area contributed by atoms with Crippen LogP contribution in [-0.2, 0) is 29.0 Å². The van der Waals surface area contributed by atoms with E-state index in [9.17, 15) is 14.0 Å². The summed E-state index contributed by atoms with van der Waals surface area (Å²) in [5, 5.41) is 0.675. The van der Waals surface area contributed by atoms with Gasteiger partial charge in [0, 0.05) is 11.0 Å². The molecule has 132 valence electrons. The third-order valence-electron chi connectivity index (χ3n) is 4.26. The number of carbonyl (C=O) groups is 1. The lowest BCUT2D eigenvalue weighted by atomic mass is 10.2. The Morgan fingerprint density at radius 2 is 2.12 bits per heavy atom. The van der Waals surface area contributed by atoms with Crippen molar-refractivity contribution in [2.75, 3.05) is 0 Å². The predicted octanol–water partition coefficient (Wildman–Crippen LogP) is 3.37. The Kier molecular flexibility index (Phi) is 4.38. The first kappa shape index (κ1) is 16.7. The average molecular weight is 370 g/mol. The topological polar surface area (TPSA) is 72.0 Å². The molecule has 1 aliphatic rings. The van der Waals surface area contributed by atoms with E-state index in [0.29, 0.717) is 21.6 Å². The van der Waals surface area contributed by atoms with E-state index in [1.165, 1.54) is 29.2 Å². The molecule has 1 N–H and O–H groups in total. The number of esters is 1. The highest BCUT2D eigenvalue weighted by Gasteiger charge is 2.21. The molecule has 0 atom stereocenters. The van der Waals surface area contributed by atoms with E-state index in [2.05, 4.69) is 9.97 Å².